The van der Waals surface area contributed by atoms with Crippen molar-refractivity contribution >= 4 is 50.8 Å². The van der Waals surface area contributed by atoms with Gasteiger partial charge in [0.2, 0.25) is 5.91 Å². The molecule has 1 amide bonds. The first-order chi connectivity index (χ1) is 12.2. The van der Waals surface area contributed by atoms with Crippen LogP contribution in [0.25, 0.3) is 0 Å². The maximum atomic E-state index is 12.4. The Morgan fingerprint density at radius 2 is 2.36 bits per heavy atom. The van der Waals surface area contributed by atoms with E-state index in [0.29, 0.717) is 0 Å². The summed E-state index contributed by atoms with van der Waals surface area (Å²) in [5.74, 6) is 2.98. The molecule has 25 heavy (non-hydrogen) atoms. The van der Waals surface area contributed by atoms with E-state index in [1.165, 1.54) is 8.66 Å². The topological polar surface area (TPSA) is 58.1 Å². The maximum Gasteiger partial charge on any atom is 0.224 e. The fourth-order valence-corrected chi connectivity index (χ4v) is 5.30. The highest BCUT2D eigenvalue weighted by Crippen LogP contribution is 2.25. The molecule has 1 fully saturated rings. The average molecular weight is 441 g/mol. The average Bonchev–Trinajstić information content (AvgIpc) is 3.07. The summed E-state index contributed by atoms with van der Waals surface area (Å²) in [7, 11) is 0. The summed E-state index contributed by atoms with van der Waals surface area (Å²) in [6, 6.07) is 4.22. The molecular formula is C17H21BrN4OS2. The van der Waals surface area contributed by atoms with Gasteiger partial charge in [-0.2, -0.15) is 11.8 Å². The molecule has 0 bridgehead atoms. The van der Waals surface area contributed by atoms with Gasteiger partial charge in [-0.1, -0.05) is 0 Å². The van der Waals surface area contributed by atoms with Crippen molar-refractivity contribution in [3.8, 4) is 0 Å². The number of amides is 1. The Labute approximate surface area is 164 Å². The van der Waals surface area contributed by atoms with E-state index in [1.807, 2.05) is 11.8 Å². The molecule has 0 unspecified atom stereocenters. The first kappa shape index (κ1) is 18.7. The standard InChI is InChI=1S/C17H21BrN4OS2/c18-15-4-3-14(25-15)12-24-9-7-21-17(23)13-2-1-8-22(11-13)16-10-19-5-6-20-16/h3-6,10,13H,1-2,7-9,11-12H2,(H,21,23)/t13-/m0/s1. The van der Waals surface area contributed by atoms with E-state index in [9.17, 15) is 4.79 Å². The number of anilines is 1. The van der Waals surface area contributed by atoms with E-state index >= 15 is 0 Å². The van der Waals surface area contributed by atoms with E-state index in [-0.39, 0.29) is 11.8 Å². The lowest BCUT2D eigenvalue weighted by atomic mass is 9.97. The van der Waals surface area contributed by atoms with Crippen LogP contribution in [0.2, 0.25) is 0 Å². The number of aromatic nitrogens is 2. The van der Waals surface area contributed by atoms with Gasteiger partial charge in [-0.15, -0.1) is 11.3 Å². The number of thiophene rings is 1. The molecule has 1 atom stereocenters. The van der Waals surface area contributed by atoms with Gasteiger partial charge in [-0.25, -0.2) is 4.98 Å². The minimum Gasteiger partial charge on any atom is -0.355 e. The van der Waals surface area contributed by atoms with E-state index in [4.69, 9.17) is 0 Å². The number of nitrogens with zero attached hydrogens (tertiary/aromatic N) is 3. The lowest BCUT2D eigenvalue weighted by molar-refractivity contribution is -0.125. The molecule has 1 N–H and O–H groups in total. The number of rotatable bonds is 7. The predicted molar refractivity (Wildman–Crippen MR) is 108 cm³/mol. The number of carbonyl (C=O) groups is 1. The van der Waals surface area contributed by atoms with Gasteiger partial charge in [-0.3, -0.25) is 9.78 Å². The number of thioether (sulfide) groups is 1. The van der Waals surface area contributed by atoms with Gasteiger partial charge in [0.1, 0.15) is 5.82 Å². The second-order valence-electron chi connectivity index (χ2n) is 5.90. The lowest BCUT2D eigenvalue weighted by Gasteiger charge is -2.32. The fraction of sp³-hybridized carbons (Fsp3) is 0.471. The molecule has 2 aromatic heterocycles. The molecule has 1 aliphatic rings. The summed E-state index contributed by atoms with van der Waals surface area (Å²) in [6.45, 7) is 2.38. The van der Waals surface area contributed by atoms with Crippen molar-refractivity contribution < 1.29 is 4.79 Å². The number of halogens is 1. The molecule has 5 nitrogen and oxygen atoms in total. The van der Waals surface area contributed by atoms with Crippen LogP contribution < -0.4 is 10.2 Å². The third-order valence-corrected chi connectivity index (χ3v) is 6.90. The predicted octanol–water partition coefficient (Wildman–Crippen LogP) is 3.57. The van der Waals surface area contributed by atoms with Crippen LogP contribution in [-0.2, 0) is 10.5 Å². The minimum absolute atomic E-state index is 0.0361. The van der Waals surface area contributed by atoms with Gasteiger partial charge >= 0.3 is 0 Å². The van der Waals surface area contributed by atoms with Crippen LogP contribution in [-0.4, -0.2) is 41.3 Å². The maximum absolute atomic E-state index is 12.4. The van der Waals surface area contributed by atoms with Crippen LogP contribution in [0, 0.1) is 5.92 Å². The Morgan fingerprint density at radius 3 is 3.12 bits per heavy atom. The highest BCUT2D eigenvalue weighted by molar-refractivity contribution is 9.11. The fourth-order valence-electron chi connectivity index (χ4n) is 2.85. The number of hydrogen-bond donors (Lipinski definition) is 1. The van der Waals surface area contributed by atoms with Crippen molar-refractivity contribution in [2.24, 2.45) is 5.92 Å². The van der Waals surface area contributed by atoms with Crippen LogP contribution in [0.1, 0.15) is 17.7 Å². The minimum atomic E-state index is 0.0361. The number of nitrogens with one attached hydrogen (secondary N) is 1. The quantitative estimate of drug-likeness (QED) is 0.666. The summed E-state index contributed by atoms with van der Waals surface area (Å²) >= 11 is 7.10. The number of piperidine rings is 1. The summed E-state index contributed by atoms with van der Waals surface area (Å²) in [4.78, 5) is 24.4. The van der Waals surface area contributed by atoms with Crippen LogP contribution in [0.3, 0.4) is 0 Å². The van der Waals surface area contributed by atoms with Crippen LogP contribution in [0.15, 0.2) is 34.5 Å². The van der Waals surface area contributed by atoms with Crippen molar-refractivity contribution in [2.45, 2.75) is 18.6 Å². The van der Waals surface area contributed by atoms with Gasteiger partial charge in [0.25, 0.3) is 0 Å². The Morgan fingerprint density at radius 1 is 1.44 bits per heavy atom. The molecule has 8 heteroatoms. The molecule has 0 spiro atoms. The van der Waals surface area contributed by atoms with Crippen LogP contribution in [0.5, 0.6) is 0 Å². The number of carbonyl (C=O) groups excluding carboxylic acids is 1. The second kappa shape index (κ2) is 9.54. The molecule has 3 heterocycles. The highest BCUT2D eigenvalue weighted by atomic mass is 79.9. The zero-order valence-electron chi connectivity index (χ0n) is 13.9. The third kappa shape index (κ3) is 5.69. The zero-order chi connectivity index (χ0) is 17.5. The first-order valence-corrected chi connectivity index (χ1v) is 11.1. The van der Waals surface area contributed by atoms with Gasteiger partial charge in [0, 0.05) is 48.4 Å². The molecule has 3 rings (SSSR count). The second-order valence-corrected chi connectivity index (χ2v) is 9.55. The molecule has 0 saturated carbocycles. The van der Waals surface area contributed by atoms with Crippen LogP contribution >= 0.6 is 39.0 Å². The van der Waals surface area contributed by atoms with Gasteiger partial charge in [-0.05, 0) is 40.9 Å². The van der Waals surface area contributed by atoms with E-state index in [2.05, 4.69) is 48.2 Å². The summed E-state index contributed by atoms with van der Waals surface area (Å²) in [5.41, 5.74) is 0. The Hall–Kier alpha value is -1.12. The molecule has 1 aliphatic heterocycles. The van der Waals surface area contributed by atoms with E-state index in [1.54, 1.807) is 29.9 Å². The van der Waals surface area contributed by atoms with Crippen molar-refractivity contribution in [3.63, 3.8) is 0 Å². The molecule has 0 aromatic carbocycles. The zero-order valence-corrected chi connectivity index (χ0v) is 17.1. The Kier molecular flexibility index (Phi) is 7.12. The summed E-state index contributed by atoms with van der Waals surface area (Å²) < 4.78 is 1.17. The van der Waals surface area contributed by atoms with Crippen LogP contribution in [0.4, 0.5) is 5.82 Å². The van der Waals surface area contributed by atoms with Gasteiger partial charge in [0.15, 0.2) is 0 Å². The van der Waals surface area contributed by atoms with Gasteiger partial charge < -0.3 is 10.2 Å². The Balaban J connectivity index is 1.37. The molecule has 0 aliphatic carbocycles. The highest BCUT2D eigenvalue weighted by Gasteiger charge is 2.26. The van der Waals surface area contributed by atoms with E-state index < -0.39 is 0 Å². The smallest absolute Gasteiger partial charge is 0.224 e. The van der Waals surface area contributed by atoms with E-state index in [0.717, 1.165) is 49.8 Å². The molecule has 134 valence electrons. The lowest BCUT2D eigenvalue weighted by Crippen LogP contribution is -2.43. The monoisotopic (exact) mass is 440 g/mol. The van der Waals surface area contributed by atoms with Crippen molar-refractivity contribution in [2.75, 3.05) is 30.3 Å². The molecule has 2 aromatic rings. The molecule has 1 saturated heterocycles. The normalized spacial score (nSPS) is 17.5. The largest absolute Gasteiger partial charge is 0.355 e. The Bertz CT molecular complexity index is 682. The van der Waals surface area contributed by atoms with Crippen molar-refractivity contribution in [3.05, 3.63) is 39.4 Å². The van der Waals surface area contributed by atoms with Gasteiger partial charge in [0.05, 0.1) is 15.9 Å². The number of hydrogen-bond acceptors (Lipinski definition) is 6. The molecular weight excluding hydrogens is 420 g/mol. The summed E-state index contributed by atoms with van der Waals surface area (Å²) in [5, 5.41) is 3.09. The van der Waals surface area contributed by atoms with Crippen molar-refractivity contribution in [1.82, 2.24) is 15.3 Å². The van der Waals surface area contributed by atoms with Crippen molar-refractivity contribution in [1.29, 1.82) is 0 Å². The SMILES string of the molecule is O=C(NCCSCc1ccc(Br)s1)[C@H]1CCCN(c2cnccn2)C1. The molecule has 0 radical (unpaired) electrons. The summed E-state index contributed by atoms with van der Waals surface area (Å²) in [6.07, 6.45) is 7.09. The third-order valence-electron chi connectivity index (χ3n) is 4.08. The first-order valence-electron chi connectivity index (χ1n) is 8.33.